The molecule has 4 rings (SSSR count). The van der Waals surface area contributed by atoms with Crippen LogP contribution in [0, 0.1) is 5.92 Å². The van der Waals surface area contributed by atoms with Crippen molar-refractivity contribution in [1.29, 1.82) is 0 Å². The lowest BCUT2D eigenvalue weighted by atomic mass is 9.74. The summed E-state index contributed by atoms with van der Waals surface area (Å²) in [6.07, 6.45) is 1.75. The molecule has 51 heavy (non-hydrogen) atoms. The van der Waals surface area contributed by atoms with Crippen molar-refractivity contribution in [2.24, 2.45) is 18.1 Å². The molecule has 0 spiro atoms. The summed E-state index contributed by atoms with van der Waals surface area (Å²) in [6.45, 7) is 3.74. The van der Waals surface area contributed by atoms with E-state index in [0.717, 1.165) is 28.9 Å². The number of aliphatic hydroxyl groups excluding tert-OH is 2. The Balaban J connectivity index is 1.38. The number of carbonyl (C=O) groups is 3. The smallest absolute Gasteiger partial charge is 0.418 e. The summed E-state index contributed by atoms with van der Waals surface area (Å²) < 4.78 is 45.2. The van der Waals surface area contributed by atoms with Gasteiger partial charge >= 0.3 is 16.4 Å². The third-order valence-corrected chi connectivity index (χ3v) is 8.96. The topological polar surface area (TPSA) is 269 Å². The van der Waals surface area contributed by atoms with Crippen LogP contribution in [0.1, 0.15) is 32.4 Å². The average Bonchev–Trinajstić information content (AvgIpc) is 3.67. The number of ether oxygens (including phenoxy) is 1. The highest BCUT2D eigenvalue weighted by atomic mass is 32.3. The number of thiazole rings is 1. The molecule has 278 valence electrons. The molecule has 1 fully saturated rings. The normalized spacial score (nSPS) is 17.1. The number of hydroxylamine groups is 2. The van der Waals surface area contributed by atoms with Gasteiger partial charge in [-0.3, -0.25) is 14.1 Å². The first kappa shape index (κ1) is 39.3. The number of hydrogen-bond acceptors (Lipinski definition) is 15. The number of carboxylic acid groups (broad SMARTS) is 1. The lowest BCUT2D eigenvalue weighted by Crippen LogP contribution is -2.68. The first-order valence-electron chi connectivity index (χ1n) is 15.5. The van der Waals surface area contributed by atoms with Gasteiger partial charge in [0, 0.05) is 18.3 Å². The summed E-state index contributed by atoms with van der Waals surface area (Å²) in [5, 5.41) is 36.9. The summed E-state index contributed by atoms with van der Waals surface area (Å²) >= 11 is 0.980. The second-order valence-corrected chi connectivity index (χ2v) is 14.0. The lowest BCUT2D eigenvalue weighted by molar-refractivity contribution is -0.753. The van der Waals surface area contributed by atoms with Gasteiger partial charge in [0.05, 0.1) is 42.5 Å². The third-order valence-electron chi connectivity index (χ3n) is 7.95. The zero-order chi connectivity index (χ0) is 37.5. The largest absolute Gasteiger partial charge is 0.489 e. The first-order valence-corrected chi connectivity index (χ1v) is 17.8. The van der Waals surface area contributed by atoms with Crippen molar-refractivity contribution in [3.63, 3.8) is 0 Å². The van der Waals surface area contributed by atoms with Crippen molar-refractivity contribution < 1.29 is 61.2 Å². The van der Waals surface area contributed by atoms with Crippen LogP contribution in [0.4, 0.5) is 5.13 Å². The minimum Gasteiger partial charge on any atom is -0.489 e. The quantitative estimate of drug-likeness (QED) is 0.0213. The summed E-state index contributed by atoms with van der Waals surface area (Å²) in [6, 6.07) is 6.92. The summed E-state index contributed by atoms with van der Waals surface area (Å²) in [5.74, 6) is -3.86. The number of anilines is 1. The summed E-state index contributed by atoms with van der Waals surface area (Å²) in [4.78, 5) is 47.2. The van der Waals surface area contributed by atoms with Gasteiger partial charge in [-0.15, -0.1) is 20.3 Å². The molecule has 1 aliphatic rings. The van der Waals surface area contributed by atoms with Gasteiger partial charge in [-0.1, -0.05) is 17.3 Å². The molecule has 3 atom stereocenters. The molecule has 19 nitrogen and oxygen atoms in total. The maximum atomic E-state index is 13.4. The molecule has 0 bridgehead atoms. The summed E-state index contributed by atoms with van der Waals surface area (Å²) in [7, 11) is -3.09. The number of hydrogen-bond donors (Lipinski definition) is 6. The molecule has 0 radical (unpaired) electrons. The number of nitrogen functional groups attached to an aromatic ring is 1. The molecule has 1 unspecified atom stereocenters. The molecular formula is C30H40N7O12S2+. The predicted molar refractivity (Wildman–Crippen MR) is 179 cm³/mol. The second kappa shape index (κ2) is 16.7. The molecule has 0 aliphatic carbocycles. The van der Waals surface area contributed by atoms with Gasteiger partial charge < -0.3 is 35.9 Å². The number of aliphatic carboxylic acids is 1. The van der Waals surface area contributed by atoms with E-state index in [1.54, 1.807) is 24.3 Å². The molecule has 0 saturated carbocycles. The number of rotatable bonds is 20. The molecule has 7 N–H and O–H groups in total. The number of ketones is 1. The Kier molecular flexibility index (Phi) is 12.8. The Labute approximate surface area is 296 Å². The fourth-order valence-electron chi connectivity index (χ4n) is 5.10. The number of carbonyl (C=O) groups excluding carboxylic acids is 2. The van der Waals surface area contributed by atoms with Crippen molar-refractivity contribution >= 4 is 50.2 Å². The first-order chi connectivity index (χ1) is 24.0. The van der Waals surface area contributed by atoms with Crippen molar-refractivity contribution in [2.75, 3.05) is 32.0 Å². The van der Waals surface area contributed by atoms with Gasteiger partial charge in [-0.05, 0) is 44.5 Å². The predicted octanol–water partition coefficient (Wildman–Crippen LogP) is -0.465. The third kappa shape index (κ3) is 10.3. The number of nitrogens with one attached hydrogen (secondary N) is 1. The minimum absolute atomic E-state index is 0.0319. The molecule has 3 heterocycles. The number of Topliss-reactive ketones (excluding diaryl/α,β-unsaturated/α-hetero) is 1. The molecule has 1 aliphatic heterocycles. The molecule has 21 heteroatoms. The zero-order valence-electron chi connectivity index (χ0n) is 27.9. The fraction of sp³-hybridized carbons (Fsp3) is 0.467. The van der Waals surface area contributed by atoms with E-state index in [4.69, 9.17) is 25.0 Å². The highest BCUT2D eigenvalue weighted by Gasteiger charge is 2.57. The zero-order valence-corrected chi connectivity index (χ0v) is 29.5. The summed E-state index contributed by atoms with van der Waals surface area (Å²) in [5.41, 5.74) is 5.75. The van der Waals surface area contributed by atoms with E-state index in [1.807, 2.05) is 28.8 Å². The van der Waals surface area contributed by atoms with Crippen LogP contribution >= 0.6 is 11.3 Å². The molecule has 1 aromatic carbocycles. The lowest BCUT2D eigenvalue weighted by Gasteiger charge is -2.50. The Morgan fingerprint density at radius 3 is 2.53 bits per heavy atom. The number of aliphatic hydroxyl groups is 2. The van der Waals surface area contributed by atoms with Crippen LogP contribution in [0.25, 0.3) is 11.1 Å². The van der Waals surface area contributed by atoms with Gasteiger partial charge in [0.25, 0.3) is 12.0 Å². The second-order valence-electron chi connectivity index (χ2n) is 12.1. The van der Waals surface area contributed by atoms with Gasteiger partial charge in [0.1, 0.15) is 18.1 Å². The van der Waals surface area contributed by atoms with E-state index in [1.165, 1.54) is 19.2 Å². The molecular weight excluding hydrogens is 715 g/mol. The SMILES string of the molecule is C[n+]1cc(-c2ccc(OC[C@H](O/N=C(/C(=O)CC3C(=O)N(OS(=O)(=O)O)C3(C)C)c3csc(N)n3)C(=O)O)cc2)cn1CCCNC[C@H](O)CO. The number of benzene rings is 1. The van der Waals surface area contributed by atoms with Crippen LogP contribution in [-0.2, 0) is 47.5 Å². The van der Waals surface area contributed by atoms with E-state index in [0.29, 0.717) is 30.4 Å². The molecule has 1 amide bonds. The fourth-order valence-corrected chi connectivity index (χ4v) is 6.10. The number of oxime groups is 1. The molecule has 1 saturated heterocycles. The van der Waals surface area contributed by atoms with Crippen molar-refractivity contribution in [1.82, 2.24) is 20.0 Å². The number of nitrogens with zero attached hydrogens (tertiary/aromatic N) is 5. The highest BCUT2D eigenvalue weighted by Crippen LogP contribution is 2.40. The van der Waals surface area contributed by atoms with E-state index in [-0.39, 0.29) is 17.4 Å². The number of amides is 1. The van der Waals surface area contributed by atoms with Crippen LogP contribution < -0.4 is 20.5 Å². The van der Waals surface area contributed by atoms with E-state index >= 15 is 0 Å². The average molecular weight is 755 g/mol. The monoisotopic (exact) mass is 754 g/mol. The van der Waals surface area contributed by atoms with Gasteiger partial charge in [-0.25, -0.2) is 9.78 Å². The molecule has 2 aromatic heterocycles. The van der Waals surface area contributed by atoms with Crippen LogP contribution in [0.5, 0.6) is 5.75 Å². The molecule has 3 aromatic rings. The number of β-lactam (4-membered cyclic amide) rings is 1. The Morgan fingerprint density at radius 1 is 1.24 bits per heavy atom. The minimum atomic E-state index is -5.00. The van der Waals surface area contributed by atoms with Crippen LogP contribution in [0.3, 0.4) is 0 Å². The van der Waals surface area contributed by atoms with E-state index in [9.17, 15) is 33.0 Å². The number of aromatic nitrogens is 3. The number of carboxylic acids is 1. The number of nitrogens with two attached hydrogens (primary N) is 1. The van der Waals surface area contributed by atoms with Gasteiger partial charge in [0.2, 0.25) is 6.20 Å². The standard InChI is InChI=1S/C30H39N7O12S2/c1-30(2)22(27(41)37(30)49-51(44,45)46)11-24(40)26(23-17-50-29(31)33-23)34-48-25(28(42)43)16-47-21-7-5-18(6-8-21)19-13-35(3)36(14-19)10-4-9-32-12-20(39)15-38/h5-8,13-14,17,20,22,25,32,38-39H,4,9-12,15-16H2,1-3H3,(H3-,31,33,42,43,44,45,46)/p+1/b34-26+/t20-,22?,25-/m0/s1. The highest BCUT2D eigenvalue weighted by molar-refractivity contribution is 7.80. The van der Waals surface area contributed by atoms with Crippen molar-refractivity contribution in [2.45, 2.75) is 51.0 Å². The maximum Gasteiger partial charge on any atom is 0.418 e. The Morgan fingerprint density at radius 2 is 1.94 bits per heavy atom. The Hall–Kier alpha value is -4.51. The number of aryl methyl sites for hydroxylation is 2. The van der Waals surface area contributed by atoms with Gasteiger partial charge in [0.15, 0.2) is 23.7 Å². The van der Waals surface area contributed by atoms with Crippen LogP contribution in [0.15, 0.2) is 47.2 Å². The Bertz CT molecular complexity index is 1840. The van der Waals surface area contributed by atoms with E-state index in [2.05, 4.69) is 19.7 Å². The van der Waals surface area contributed by atoms with Crippen molar-refractivity contribution in [3.8, 4) is 16.9 Å². The van der Waals surface area contributed by atoms with Crippen molar-refractivity contribution in [3.05, 3.63) is 47.7 Å². The van der Waals surface area contributed by atoms with Gasteiger partial charge in [-0.2, -0.15) is 18.2 Å². The van der Waals surface area contributed by atoms with Crippen LogP contribution in [-0.4, -0.2) is 110 Å². The van der Waals surface area contributed by atoms with E-state index < -0.39 is 70.5 Å². The van der Waals surface area contributed by atoms with Crippen LogP contribution in [0.2, 0.25) is 0 Å². The maximum absolute atomic E-state index is 13.4.